The highest BCUT2D eigenvalue weighted by molar-refractivity contribution is 7.92. The highest BCUT2D eigenvalue weighted by Crippen LogP contribution is 2.60. The van der Waals surface area contributed by atoms with Gasteiger partial charge >= 0.3 is 6.18 Å². The molecule has 2 unspecified atom stereocenters. The molecule has 1 N–H and O–H groups in total. The zero-order valence-electron chi connectivity index (χ0n) is 23.0. The van der Waals surface area contributed by atoms with Crippen LogP contribution in [0.5, 0.6) is 0 Å². The molecule has 42 heavy (non-hydrogen) atoms. The van der Waals surface area contributed by atoms with Crippen molar-refractivity contribution in [1.82, 2.24) is 14.5 Å². The lowest BCUT2D eigenvalue weighted by Gasteiger charge is -2.43. The smallest absolute Gasteiger partial charge is 0.274 e. The summed E-state index contributed by atoms with van der Waals surface area (Å²) in [5, 5.41) is 3.90. The second kappa shape index (κ2) is 10.1. The molecule has 0 bridgehead atoms. The Morgan fingerprint density at radius 2 is 1.69 bits per heavy atom. The minimum Gasteiger partial charge on any atom is -0.274 e. The molecular formula is C28H30F5N3O4S2. The second-order valence-electron chi connectivity index (χ2n) is 11.3. The summed E-state index contributed by atoms with van der Waals surface area (Å²) in [6.07, 6.45) is -1.96. The van der Waals surface area contributed by atoms with E-state index in [0.29, 0.717) is 6.92 Å². The van der Waals surface area contributed by atoms with E-state index in [1.807, 2.05) is 0 Å². The molecule has 1 aromatic heterocycles. The Bertz CT molecular complexity index is 1720. The van der Waals surface area contributed by atoms with Crippen molar-refractivity contribution in [1.29, 1.82) is 0 Å². The predicted molar refractivity (Wildman–Crippen MR) is 144 cm³/mol. The predicted octanol–water partition coefficient (Wildman–Crippen LogP) is 5.31. The maximum atomic E-state index is 14.9. The van der Waals surface area contributed by atoms with E-state index in [4.69, 9.17) is 0 Å². The average Bonchev–Trinajstić information content (AvgIpc) is 3.53. The summed E-state index contributed by atoms with van der Waals surface area (Å²) < 4.78 is 127. The lowest BCUT2D eigenvalue weighted by Crippen LogP contribution is -2.48. The molecule has 0 saturated heterocycles. The molecule has 3 aromatic rings. The van der Waals surface area contributed by atoms with Crippen molar-refractivity contribution < 1.29 is 38.8 Å². The summed E-state index contributed by atoms with van der Waals surface area (Å²) >= 11 is 0. The zero-order chi connectivity index (χ0) is 30.9. The van der Waals surface area contributed by atoms with Gasteiger partial charge in [-0.25, -0.2) is 30.3 Å². The monoisotopic (exact) mass is 631 g/mol. The van der Waals surface area contributed by atoms with Crippen LogP contribution in [-0.2, 0) is 43.7 Å². The van der Waals surface area contributed by atoms with E-state index >= 15 is 0 Å². The zero-order valence-corrected chi connectivity index (χ0v) is 24.6. The number of sulfonamides is 1. The van der Waals surface area contributed by atoms with Crippen LogP contribution in [-0.4, -0.2) is 38.8 Å². The Balaban J connectivity index is 1.61. The minimum atomic E-state index is -5.18. The third-order valence-electron chi connectivity index (χ3n) is 8.90. The number of hydrogen-bond donors (Lipinski definition) is 1. The molecule has 1 fully saturated rings. The summed E-state index contributed by atoms with van der Waals surface area (Å²) in [7, 11) is -6.73. The van der Waals surface area contributed by atoms with Crippen molar-refractivity contribution in [2.45, 2.75) is 72.0 Å². The second-order valence-corrected chi connectivity index (χ2v) is 15.2. The maximum Gasteiger partial charge on any atom is 0.426 e. The average molecular weight is 632 g/mol. The highest BCUT2D eigenvalue weighted by Gasteiger charge is 2.61. The molecule has 0 amide bonds. The Morgan fingerprint density at radius 3 is 2.29 bits per heavy atom. The summed E-state index contributed by atoms with van der Waals surface area (Å²) in [4.78, 5) is -0.221. The third kappa shape index (κ3) is 4.75. The molecule has 7 nitrogen and oxygen atoms in total. The Morgan fingerprint density at radius 1 is 1.02 bits per heavy atom. The molecule has 14 heteroatoms. The van der Waals surface area contributed by atoms with Gasteiger partial charge in [-0.05, 0) is 92.3 Å². The lowest BCUT2D eigenvalue weighted by molar-refractivity contribution is -0.228. The van der Waals surface area contributed by atoms with Crippen molar-refractivity contribution in [2.24, 2.45) is 18.9 Å². The van der Waals surface area contributed by atoms with Gasteiger partial charge in [-0.3, -0.25) is 4.68 Å². The van der Waals surface area contributed by atoms with Crippen LogP contribution < -0.4 is 4.72 Å². The maximum absolute atomic E-state index is 14.9. The first-order valence-corrected chi connectivity index (χ1v) is 16.3. The van der Waals surface area contributed by atoms with Crippen molar-refractivity contribution >= 4 is 19.9 Å². The van der Waals surface area contributed by atoms with Gasteiger partial charge in [0.2, 0.25) is 15.7 Å². The number of rotatable bonds is 7. The molecule has 2 aromatic carbocycles. The van der Waals surface area contributed by atoms with Crippen molar-refractivity contribution in [3.8, 4) is 0 Å². The number of fused-ring (bicyclic) bond motifs is 3. The van der Waals surface area contributed by atoms with Crippen molar-refractivity contribution in [3.05, 3.63) is 77.4 Å². The van der Waals surface area contributed by atoms with Crippen LogP contribution in [0, 0.1) is 17.7 Å². The minimum absolute atomic E-state index is 0.0412. The van der Waals surface area contributed by atoms with Gasteiger partial charge in [-0.2, -0.15) is 18.3 Å². The molecule has 0 radical (unpaired) electrons. The molecule has 2 aliphatic rings. The molecular weight excluding hydrogens is 601 g/mol. The Hall–Kier alpha value is -2.84. The molecule has 2 aliphatic carbocycles. The largest absolute Gasteiger partial charge is 0.426 e. The molecule has 5 rings (SSSR count). The van der Waals surface area contributed by atoms with E-state index in [-0.39, 0.29) is 46.6 Å². The van der Waals surface area contributed by atoms with Crippen LogP contribution in [0.25, 0.3) is 0 Å². The first-order valence-electron chi connectivity index (χ1n) is 13.3. The fourth-order valence-corrected chi connectivity index (χ4v) is 10.5. The van der Waals surface area contributed by atoms with Crippen molar-refractivity contribution in [3.63, 3.8) is 0 Å². The summed E-state index contributed by atoms with van der Waals surface area (Å²) in [5.41, 5.74) is -3.74. The molecule has 5 atom stereocenters. The van der Waals surface area contributed by atoms with Gasteiger partial charge in [-0.1, -0.05) is 18.2 Å². The number of halogens is 5. The van der Waals surface area contributed by atoms with E-state index in [1.54, 1.807) is 14.0 Å². The Kier molecular flexibility index (Phi) is 7.38. The summed E-state index contributed by atoms with van der Waals surface area (Å²) in [6, 6.07) is 6.91. The number of benzene rings is 2. The van der Waals surface area contributed by atoms with Crippen LogP contribution in [0.15, 0.2) is 64.6 Å². The fraction of sp³-hybridized carbons (Fsp3) is 0.464. The van der Waals surface area contributed by atoms with Gasteiger partial charge in [0, 0.05) is 19.3 Å². The third-order valence-corrected chi connectivity index (χ3v) is 13.0. The fourth-order valence-electron chi connectivity index (χ4n) is 6.71. The molecule has 0 aliphatic heterocycles. The molecule has 228 valence electrons. The van der Waals surface area contributed by atoms with Gasteiger partial charge in [-0.15, -0.1) is 0 Å². The van der Waals surface area contributed by atoms with Crippen LogP contribution in [0.2, 0.25) is 0 Å². The van der Waals surface area contributed by atoms with Gasteiger partial charge < -0.3 is 0 Å². The number of nitrogens with zero attached hydrogens (tertiary/aromatic N) is 2. The molecule has 1 heterocycles. The highest BCUT2D eigenvalue weighted by atomic mass is 32.2. The number of nitrogens with one attached hydrogen (secondary N) is 1. The quantitative estimate of drug-likeness (QED) is 0.282. The summed E-state index contributed by atoms with van der Waals surface area (Å²) in [6.45, 7) is 2.07. The van der Waals surface area contributed by atoms with E-state index < -0.39 is 65.7 Å². The molecule has 0 spiro atoms. The van der Waals surface area contributed by atoms with Crippen LogP contribution in [0.1, 0.15) is 49.8 Å². The van der Waals surface area contributed by atoms with Crippen LogP contribution in [0.3, 0.4) is 0 Å². The van der Waals surface area contributed by atoms with Gasteiger partial charge in [0.05, 0.1) is 11.1 Å². The topological polar surface area (TPSA) is 98.1 Å². The SMILES string of the molecule is CC(NS(=O)(=O)c1cnn(C)c1)[C@@H]1CC[C@@]2(S(=O)(=O)c3ccc(F)cc3)c3ccc(C(C)(F)C(F)(F)F)cc3CC[C@@H]12. The number of alkyl halides is 4. The van der Waals surface area contributed by atoms with Crippen molar-refractivity contribution in [2.75, 3.05) is 0 Å². The van der Waals surface area contributed by atoms with E-state index in [0.717, 1.165) is 36.4 Å². The van der Waals surface area contributed by atoms with Gasteiger partial charge in [0.1, 0.15) is 15.5 Å². The molecule has 1 saturated carbocycles. The number of sulfone groups is 1. The van der Waals surface area contributed by atoms with Gasteiger partial charge in [0.15, 0.2) is 9.84 Å². The number of aryl methyl sites for hydroxylation is 2. The number of aromatic nitrogens is 2. The lowest BCUT2D eigenvalue weighted by atomic mass is 9.71. The first-order chi connectivity index (χ1) is 19.4. The standard InChI is InChI=1S/C28H30F5N3O4S2/c1-17(35-42(39,40)22-15-34-36(3)16-22)23-12-13-27(41(37,38)21-8-6-20(29)7-9-21)24-11-5-19(26(2,30)28(31,32)33)14-18(24)4-10-25(23)27/h5-9,11,14-17,23,25,35H,4,10,12-13H2,1-3H3/t17?,23-,25-,26?,27+/m0/s1. The number of hydrogen-bond acceptors (Lipinski definition) is 5. The normalized spacial score (nSPS) is 25.0. The first kappa shape index (κ1) is 30.6. The summed E-state index contributed by atoms with van der Waals surface area (Å²) in [5.74, 6) is -1.76. The van der Waals surface area contributed by atoms with Gasteiger partial charge in [0.25, 0.3) is 0 Å². The Labute approximate surface area is 241 Å². The van der Waals surface area contributed by atoms with E-state index in [9.17, 15) is 38.8 Å². The van der Waals surface area contributed by atoms with Crippen LogP contribution >= 0.6 is 0 Å². The van der Waals surface area contributed by atoms with E-state index in [1.165, 1.54) is 23.1 Å². The van der Waals surface area contributed by atoms with Crippen LogP contribution in [0.4, 0.5) is 22.0 Å². The van der Waals surface area contributed by atoms with E-state index in [2.05, 4.69) is 9.82 Å².